The Morgan fingerprint density at radius 2 is 1.79 bits per heavy atom. The van der Waals surface area contributed by atoms with Gasteiger partial charge in [0.25, 0.3) is 0 Å². The second-order valence-electron chi connectivity index (χ2n) is 4.14. The van der Waals surface area contributed by atoms with Gasteiger partial charge in [0, 0.05) is 7.11 Å². The van der Waals surface area contributed by atoms with Gasteiger partial charge >= 0.3 is 0 Å². The van der Waals surface area contributed by atoms with Crippen LogP contribution < -0.4 is 0 Å². The molecule has 0 bridgehead atoms. The molecule has 0 aliphatic heterocycles. The van der Waals surface area contributed by atoms with Crippen molar-refractivity contribution in [3.63, 3.8) is 0 Å². The molecule has 0 fully saturated rings. The number of rotatable bonds is 9. The van der Waals surface area contributed by atoms with Crippen molar-refractivity contribution in [3.05, 3.63) is 0 Å². The van der Waals surface area contributed by atoms with Gasteiger partial charge in [-0.05, 0) is 19.8 Å². The Kier molecular flexibility index (Phi) is 9.42. The third-order valence-corrected chi connectivity index (χ3v) is 2.65. The summed E-state index contributed by atoms with van der Waals surface area (Å²) in [5, 5.41) is 9.63. The van der Waals surface area contributed by atoms with E-state index in [-0.39, 0.29) is 12.2 Å². The van der Waals surface area contributed by atoms with Crippen molar-refractivity contribution in [1.82, 2.24) is 0 Å². The molecule has 0 aromatic heterocycles. The van der Waals surface area contributed by atoms with Gasteiger partial charge in [-0.1, -0.05) is 39.0 Å². The zero-order valence-electron chi connectivity index (χ0n) is 9.96. The lowest BCUT2D eigenvalue weighted by atomic mass is 10.0. The van der Waals surface area contributed by atoms with Crippen LogP contribution in [0.1, 0.15) is 58.8 Å². The zero-order chi connectivity index (χ0) is 10.8. The lowest BCUT2D eigenvalue weighted by molar-refractivity contribution is 0.0518. The van der Waals surface area contributed by atoms with Crippen LogP contribution >= 0.6 is 0 Å². The van der Waals surface area contributed by atoms with Crippen LogP contribution in [0, 0.1) is 0 Å². The monoisotopic (exact) mass is 202 g/mol. The van der Waals surface area contributed by atoms with Crippen molar-refractivity contribution in [2.75, 3.05) is 7.11 Å². The summed E-state index contributed by atoms with van der Waals surface area (Å²) in [5.74, 6) is 0. The molecular weight excluding hydrogens is 176 g/mol. The second-order valence-corrected chi connectivity index (χ2v) is 4.14. The van der Waals surface area contributed by atoms with Crippen LogP contribution in [-0.2, 0) is 4.74 Å². The van der Waals surface area contributed by atoms with Crippen LogP contribution in [0.2, 0.25) is 0 Å². The maximum Gasteiger partial charge on any atom is 0.0567 e. The van der Waals surface area contributed by atoms with Gasteiger partial charge in [0.2, 0.25) is 0 Å². The summed E-state index contributed by atoms with van der Waals surface area (Å²) in [6, 6.07) is 0. The van der Waals surface area contributed by atoms with Crippen molar-refractivity contribution in [2.45, 2.75) is 71.0 Å². The van der Waals surface area contributed by atoms with Crippen LogP contribution in [0.3, 0.4) is 0 Å². The molecule has 14 heavy (non-hydrogen) atoms. The van der Waals surface area contributed by atoms with E-state index in [0.717, 1.165) is 19.3 Å². The third kappa shape index (κ3) is 8.52. The molecule has 0 heterocycles. The molecule has 2 atom stereocenters. The van der Waals surface area contributed by atoms with Gasteiger partial charge in [0.05, 0.1) is 12.2 Å². The lowest BCUT2D eigenvalue weighted by Gasteiger charge is -2.14. The zero-order valence-corrected chi connectivity index (χ0v) is 9.96. The average Bonchev–Trinajstić information content (AvgIpc) is 2.17. The van der Waals surface area contributed by atoms with E-state index >= 15 is 0 Å². The van der Waals surface area contributed by atoms with Crippen molar-refractivity contribution >= 4 is 0 Å². The Bertz CT molecular complexity index is 115. The van der Waals surface area contributed by atoms with Crippen LogP contribution in [0.15, 0.2) is 0 Å². The van der Waals surface area contributed by atoms with Gasteiger partial charge < -0.3 is 9.84 Å². The summed E-state index contributed by atoms with van der Waals surface area (Å²) in [6.07, 6.45) is 8.02. The highest BCUT2D eigenvalue weighted by Crippen LogP contribution is 2.11. The maximum absolute atomic E-state index is 9.63. The van der Waals surface area contributed by atoms with Crippen molar-refractivity contribution in [3.8, 4) is 0 Å². The van der Waals surface area contributed by atoms with Crippen LogP contribution in [0.25, 0.3) is 0 Å². The fraction of sp³-hybridized carbons (Fsp3) is 1.00. The number of hydrogen-bond acceptors (Lipinski definition) is 2. The number of aliphatic hydroxyl groups excluding tert-OH is 1. The summed E-state index contributed by atoms with van der Waals surface area (Å²) in [4.78, 5) is 0. The van der Waals surface area contributed by atoms with E-state index < -0.39 is 0 Å². The first kappa shape index (κ1) is 13.9. The number of ether oxygens (including phenoxy) is 1. The number of aliphatic hydroxyl groups is 1. The number of hydrogen-bond donors (Lipinski definition) is 1. The topological polar surface area (TPSA) is 29.5 Å². The molecule has 0 radical (unpaired) electrons. The fourth-order valence-corrected chi connectivity index (χ4v) is 1.58. The highest BCUT2D eigenvalue weighted by molar-refractivity contribution is 4.61. The summed E-state index contributed by atoms with van der Waals surface area (Å²) < 4.78 is 5.11. The molecule has 2 unspecified atom stereocenters. The fourth-order valence-electron chi connectivity index (χ4n) is 1.58. The predicted molar refractivity (Wildman–Crippen MR) is 60.5 cm³/mol. The Morgan fingerprint density at radius 3 is 2.36 bits per heavy atom. The lowest BCUT2D eigenvalue weighted by Crippen LogP contribution is -2.16. The first-order chi connectivity index (χ1) is 6.70. The molecule has 0 amide bonds. The summed E-state index contributed by atoms with van der Waals surface area (Å²) in [7, 11) is 1.69. The predicted octanol–water partition coefficient (Wildman–Crippen LogP) is 3.13. The minimum Gasteiger partial charge on any atom is -0.393 e. The summed E-state index contributed by atoms with van der Waals surface area (Å²) >= 11 is 0. The highest BCUT2D eigenvalue weighted by atomic mass is 16.5. The van der Waals surface area contributed by atoms with Gasteiger partial charge in [0.1, 0.15) is 0 Å². The van der Waals surface area contributed by atoms with E-state index in [4.69, 9.17) is 4.74 Å². The standard InChI is InChI=1S/C12H26O2/c1-4-5-6-7-8-9-12(13)10-11(2)14-3/h11-13H,4-10H2,1-3H3. The first-order valence-corrected chi connectivity index (χ1v) is 5.91. The van der Waals surface area contributed by atoms with E-state index in [0.29, 0.717) is 0 Å². The Morgan fingerprint density at radius 1 is 1.14 bits per heavy atom. The molecule has 0 rings (SSSR count). The van der Waals surface area contributed by atoms with Crippen molar-refractivity contribution in [1.29, 1.82) is 0 Å². The number of unbranched alkanes of at least 4 members (excludes halogenated alkanes) is 4. The Balaban J connectivity index is 3.22. The molecule has 86 valence electrons. The highest BCUT2D eigenvalue weighted by Gasteiger charge is 2.08. The van der Waals surface area contributed by atoms with Crippen LogP contribution in [0.5, 0.6) is 0 Å². The largest absolute Gasteiger partial charge is 0.393 e. The van der Waals surface area contributed by atoms with E-state index in [1.165, 1.54) is 25.7 Å². The third-order valence-electron chi connectivity index (χ3n) is 2.65. The minimum absolute atomic E-state index is 0.174. The molecule has 2 nitrogen and oxygen atoms in total. The SMILES string of the molecule is CCCCCCCC(O)CC(C)OC. The molecule has 0 saturated heterocycles. The van der Waals surface area contributed by atoms with E-state index in [9.17, 15) is 5.11 Å². The second kappa shape index (κ2) is 9.47. The van der Waals surface area contributed by atoms with Gasteiger partial charge in [-0.3, -0.25) is 0 Å². The molecule has 0 aliphatic rings. The van der Waals surface area contributed by atoms with Crippen LogP contribution in [-0.4, -0.2) is 24.4 Å². The van der Waals surface area contributed by atoms with Crippen molar-refractivity contribution in [2.24, 2.45) is 0 Å². The van der Waals surface area contributed by atoms with Gasteiger partial charge in [-0.2, -0.15) is 0 Å². The van der Waals surface area contributed by atoms with E-state index in [1.807, 2.05) is 6.92 Å². The van der Waals surface area contributed by atoms with Gasteiger partial charge in [0.15, 0.2) is 0 Å². The summed E-state index contributed by atoms with van der Waals surface area (Å²) in [5.41, 5.74) is 0. The molecule has 0 saturated carbocycles. The van der Waals surface area contributed by atoms with E-state index in [1.54, 1.807) is 7.11 Å². The van der Waals surface area contributed by atoms with Crippen molar-refractivity contribution < 1.29 is 9.84 Å². The first-order valence-electron chi connectivity index (χ1n) is 5.91. The molecule has 0 aromatic carbocycles. The molecular formula is C12H26O2. The van der Waals surface area contributed by atoms with Gasteiger partial charge in [-0.15, -0.1) is 0 Å². The average molecular weight is 202 g/mol. The molecule has 0 aromatic rings. The summed E-state index contributed by atoms with van der Waals surface area (Å²) in [6.45, 7) is 4.22. The maximum atomic E-state index is 9.63. The molecule has 0 spiro atoms. The van der Waals surface area contributed by atoms with Crippen LogP contribution in [0.4, 0.5) is 0 Å². The minimum atomic E-state index is -0.174. The van der Waals surface area contributed by atoms with E-state index in [2.05, 4.69) is 6.92 Å². The normalized spacial score (nSPS) is 15.4. The Labute approximate surface area is 88.7 Å². The van der Waals surface area contributed by atoms with Gasteiger partial charge in [-0.25, -0.2) is 0 Å². The quantitative estimate of drug-likeness (QED) is 0.582. The smallest absolute Gasteiger partial charge is 0.0567 e. The molecule has 2 heteroatoms. The molecule has 1 N–H and O–H groups in total. The molecule has 0 aliphatic carbocycles. The Hall–Kier alpha value is -0.0800. The number of methoxy groups -OCH3 is 1.